The van der Waals surface area contributed by atoms with Gasteiger partial charge < -0.3 is 5.11 Å². The number of aromatic amines is 1. The maximum absolute atomic E-state index is 13.7. The molecule has 1 fully saturated rings. The maximum Gasteiger partial charge on any atom is 0.344 e. The molecule has 1 aliphatic rings. The molecule has 8 heteroatoms. The first kappa shape index (κ1) is 13.9. The van der Waals surface area contributed by atoms with Crippen molar-refractivity contribution in [1.82, 2.24) is 14.8 Å². The van der Waals surface area contributed by atoms with E-state index in [9.17, 15) is 14.0 Å². The summed E-state index contributed by atoms with van der Waals surface area (Å²) in [5.74, 6) is -1.36. The van der Waals surface area contributed by atoms with Crippen molar-refractivity contribution in [3.8, 4) is 0 Å². The molecule has 21 heavy (non-hydrogen) atoms. The van der Waals surface area contributed by atoms with Crippen LogP contribution < -0.4 is 5.69 Å². The molecule has 0 aliphatic heterocycles. The zero-order chi connectivity index (χ0) is 15.0. The summed E-state index contributed by atoms with van der Waals surface area (Å²) in [5, 5.41) is 15.7. The Kier molecular flexibility index (Phi) is 3.54. The molecule has 0 spiro atoms. The molecule has 0 saturated heterocycles. The lowest BCUT2D eigenvalue weighted by Crippen LogP contribution is -2.16. The number of nitrogens with one attached hydrogen (secondary N) is 1. The highest BCUT2D eigenvalue weighted by Crippen LogP contribution is 2.36. The number of nitrogens with zero attached hydrogens (tertiary/aromatic N) is 2. The Labute approximate surface area is 123 Å². The van der Waals surface area contributed by atoms with Gasteiger partial charge in [-0.15, -0.1) is 5.10 Å². The molecular formula is C13H12FN3O3S. The second-order valence-electron chi connectivity index (χ2n) is 4.81. The van der Waals surface area contributed by atoms with Crippen molar-refractivity contribution < 1.29 is 14.3 Å². The van der Waals surface area contributed by atoms with Gasteiger partial charge in [0, 0.05) is 11.8 Å². The molecule has 1 heterocycles. The number of halogens is 1. The normalized spacial score (nSPS) is 14.3. The van der Waals surface area contributed by atoms with Crippen LogP contribution in [0.4, 0.5) is 4.39 Å². The van der Waals surface area contributed by atoms with Crippen LogP contribution >= 0.6 is 11.8 Å². The molecule has 2 aromatic rings. The second kappa shape index (κ2) is 5.36. The third-order valence-corrected chi connectivity index (χ3v) is 4.24. The Bertz CT molecular complexity index is 751. The van der Waals surface area contributed by atoms with Crippen molar-refractivity contribution in [3.05, 3.63) is 45.6 Å². The molecule has 1 aromatic heterocycles. The Morgan fingerprint density at radius 3 is 2.95 bits per heavy atom. The first-order valence-electron chi connectivity index (χ1n) is 6.37. The number of aromatic carboxylic acids is 1. The van der Waals surface area contributed by atoms with Crippen LogP contribution in [-0.2, 0) is 5.75 Å². The van der Waals surface area contributed by atoms with E-state index in [1.807, 2.05) is 0 Å². The van der Waals surface area contributed by atoms with Crippen molar-refractivity contribution in [3.63, 3.8) is 0 Å². The van der Waals surface area contributed by atoms with Gasteiger partial charge in [0.1, 0.15) is 5.82 Å². The van der Waals surface area contributed by atoms with Gasteiger partial charge in [-0.3, -0.25) is 4.57 Å². The number of carbonyl (C=O) groups is 1. The fourth-order valence-electron chi connectivity index (χ4n) is 2.01. The van der Waals surface area contributed by atoms with Gasteiger partial charge in [-0.25, -0.2) is 19.1 Å². The third-order valence-electron chi connectivity index (χ3n) is 3.23. The lowest BCUT2D eigenvalue weighted by molar-refractivity contribution is 0.0696. The molecule has 1 aliphatic carbocycles. The summed E-state index contributed by atoms with van der Waals surface area (Å²) in [6, 6.07) is 3.84. The van der Waals surface area contributed by atoms with Gasteiger partial charge in [0.15, 0.2) is 5.16 Å². The standard InChI is InChI=1S/C13H12FN3O3S/c14-10-4-1-7(11(18)19)5-8(10)6-21-13-16-15-12(20)17(13)9-2-3-9/h1,4-5,9H,2-3,6H2,(H,15,20)(H,18,19). The number of carboxylic acids is 1. The molecule has 6 nitrogen and oxygen atoms in total. The number of aromatic nitrogens is 3. The molecule has 1 saturated carbocycles. The molecule has 0 bridgehead atoms. The monoisotopic (exact) mass is 309 g/mol. The van der Waals surface area contributed by atoms with Gasteiger partial charge in [-0.05, 0) is 36.6 Å². The van der Waals surface area contributed by atoms with Crippen molar-refractivity contribution in [2.75, 3.05) is 0 Å². The van der Waals surface area contributed by atoms with Crippen molar-refractivity contribution in [2.24, 2.45) is 0 Å². The molecule has 0 unspecified atom stereocenters. The summed E-state index contributed by atoms with van der Waals surface area (Å²) in [6.45, 7) is 0. The van der Waals surface area contributed by atoms with Gasteiger partial charge in [0.2, 0.25) is 0 Å². The van der Waals surface area contributed by atoms with Crippen LogP contribution in [0.5, 0.6) is 0 Å². The maximum atomic E-state index is 13.7. The summed E-state index contributed by atoms with van der Waals surface area (Å²) in [6.07, 6.45) is 1.88. The minimum atomic E-state index is -1.10. The van der Waals surface area contributed by atoms with E-state index in [0.717, 1.165) is 18.9 Å². The van der Waals surface area contributed by atoms with Crippen LogP contribution in [0.15, 0.2) is 28.2 Å². The van der Waals surface area contributed by atoms with Crippen LogP contribution in [0.2, 0.25) is 0 Å². The number of thioether (sulfide) groups is 1. The van der Waals surface area contributed by atoms with E-state index < -0.39 is 11.8 Å². The SMILES string of the molecule is O=C(O)c1ccc(F)c(CSc2n[nH]c(=O)n2C2CC2)c1. The van der Waals surface area contributed by atoms with E-state index in [4.69, 9.17) is 5.11 Å². The van der Waals surface area contributed by atoms with E-state index in [0.29, 0.717) is 5.16 Å². The fourth-order valence-corrected chi connectivity index (χ4v) is 2.99. The first-order valence-corrected chi connectivity index (χ1v) is 7.36. The van der Waals surface area contributed by atoms with Crippen LogP contribution in [0, 0.1) is 5.82 Å². The molecule has 110 valence electrons. The Balaban J connectivity index is 1.80. The van der Waals surface area contributed by atoms with Crippen molar-refractivity contribution >= 4 is 17.7 Å². The summed E-state index contributed by atoms with van der Waals surface area (Å²) >= 11 is 1.21. The molecule has 2 N–H and O–H groups in total. The predicted octanol–water partition coefficient (Wildman–Crippen LogP) is 2.04. The average Bonchev–Trinajstić information content (AvgIpc) is 3.21. The van der Waals surface area contributed by atoms with Crippen molar-refractivity contribution in [1.29, 1.82) is 0 Å². The Morgan fingerprint density at radius 2 is 2.29 bits per heavy atom. The number of benzene rings is 1. The predicted molar refractivity (Wildman–Crippen MR) is 74.0 cm³/mol. The van der Waals surface area contributed by atoms with E-state index in [2.05, 4.69) is 10.2 Å². The largest absolute Gasteiger partial charge is 0.478 e. The number of hydrogen-bond acceptors (Lipinski definition) is 4. The van der Waals surface area contributed by atoms with Gasteiger partial charge in [-0.1, -0.05) is 11.8 Å². The topological polar surface area (TPSA) is 88.0 Å². The number of H-pyrrole nitrogens is 1. The minimum absolute atomic E-state index is 0.0358. The second-order valence-corrected chi connectivity index (χ2v) is 5.76. The van der Waals surface area contributed by atoms with E-state index in [-0.39, 0.29) is 28.6 Å². The molecule has 0 amide bonds. The Morgan fingerprint density at radius 1 is 1.52 bits per heavy atom. The van der Waals surface area contributed by atoms with Gasteiger partial charge in [-0.2, -0.15) is 0 Å². The van der Waals surface area contributed by atoms with E-state index in [1.54, 1.807) is 4.57 Å². The minimum Gasteiger partial charge on any atom is -0.478 e. The molecule has 0 atom stereocenters. The van der Waals surface area contributed by atoms with Crippen LogP contribution in [0.25, 0.3) is 0 Å². The van der Waals surface area contributed by atoms with Gasteiger partial charge >= 0.3 is 11.7 Å². The van der Waals surface area contributed by atoms with Crippen LogP contribution in [0.3, 0.4) is 0 Å². The zero-order valence-electron chi connectivity index (χ0n) is 10.9. The van der Waals surface area contributed by atoms with Gasteiger partial charge in [0.25, 0.3) is 0 Å². The molecule has 3 rings (SSSR count). The summed E-state index contributed by atoms with van der Waals surface area (Å²) < 4.78 is 15.3. The highest BCUT2D eigenvalue weighted by molar-refractivity contribution is 7.98. The smallest absolute Gasteiger partial charge is 0.344 e. The number of carboxylic acid groups (broad SMARTS) is 1. The van der Waals surface area contributed by atoms with Crippen LogP contribution in [-0.4, -0.2) is 25.8 Å². The number of hydrogen-bond donors (Lipinski definition) is 2. The van der Waals surface area contributed by atoms with E-state index in [1.165, 1.54) is 23.9 Å². The molecule has 1 aromatic carbocycles. The summed E-state index contributed by atoms with van der Waals surface area (Å²) in [4.78, 5) is 22.5. The first-order chi connectivity index (χ1) is 10.1. The third kappa shape index (κ3) is 2.85. The van der Waals surface area contributed by atoms with Crippen LogP contribution in [0.1, 0.15) is 34.8 Å². The van der Waals surface area contributed by atoms with Crippen molar-refractivity contribution in [2.45, 2.75) is 29.8 Å². The molecular weight excluding hydrogens is 297 g/mol. The lowest BCUT2D eigenvalue weighted by Gasteiger charge is -2.05. The fraction of sp³-hybridized carbons (Fsp3) is 0.308. The quantitative estimate of drug-likeness (QED) is 0.825. The Hall–Kier alpha value is -2.09. The molecule has 0 radical (unpaired) electrons. The average molecular weight is 309 g/mol. The van der Waals surface area contributed by atoms with E-state index >= 15 is 0 Å². The zero-order valence-corrected chi connectivity index (χ0v) is 11.7. The van der Waals surface area contributed by atoms with Gasteiger partial charge in [0.05, 0.1) is 5.56 Å². The lowest BCUT2D eigenvalue weighted by atomic mass is 10.1. The highest BCUT2D eigenvalue weighted by atomic mass is 32.2. The summed E-state index contributed by atoms with van der Waals surface area (Å²) in [5.41, 5.74) is 0.0473. The summed E-state index contributed by atoms with van der Waals surface area (Å²) in [7, 11) is 0. The highest BCUT2D eigenvalue weighted by Gasteiger charge is 2.28. The number of rotatable bonds is 5.